The molecule has 3 rings (SSSR count). The Kier molecular flexibility index (Phi) is 4.13. The molecule has 0 saturated carbocycles. The number of nitrogens with two attached hydrogens (primary N) is 1. The number of amides is 1. The van der Waals surface area contributed by atoms with Crippen LogP contribution in [0.3, 0.4) is 0 Å². The van der Waals surface area contributed by atoms with E-state index < -0.39 is 0 Å². The number of likely N-dealkylation sites (tertiary alicyclic amines) is 1. The van der Waals surface area contributed by atoms with E-state index in [1.165, 1.54) is 29.7 Å². The normalized spacial score (nSPS) is 27.0. The lowest BCUT2D eigenvalue weighted by atomic mass is 9.99. The number of hydrogen-bond donors (Lipinski definition) is 1. The molecular weight excluding hydrogens is 268 g/mol. The lowest BCUT2D eigenvalue weighted by Gasteiger charge is -2.36. The molecule has 2 aliphatic rings. The van der Waals surface area contributed by atoms with E-state index >= 15 is 0 Å². The third-order valence-electron chi connectivity index (χ3n) is 4.63. The Morgan fingerprint density at radius 1 is 1.35 bits per heavy atom. The van der Waals surface area contributed by atoms with E-state index in [4.69, 9.17) is 5.73 Å². The molecular formula is C16H24N2OS. The van der Waals surface area contributed by atoms with Crippen molar-refractivity contribution in [3.63, 3.8) is 0 Å². The van der Waals surface area contributed by atoms with Crippen LogP contribution in [0.5, 0.6) is 0 Å². The number of rotatable bonds is 1. The number of carbonyl (C=O) groups excluding carboxylic acids is 1. The molecule has 0 aromatic carbocycles. The molecule has 1 aliphatic carbocycles. The highest BCUT2D eigenvalue weighted by atomic mass is 32.1. The summed E-state index contributed by atoms with van der Waals surface area (Å²) in [7, 11) is 0. The van der Waals surface area contributed by atoms with Gasteiger partial charge in [0.15, 0.2) is 0 Å². The molecule has 2 heterocycles. The number of hydrogen-bond acceptors (Lipinski definition) is 3. The fraction of sp³-hybridized carbons (Fsp3) is 0.688. The fourth-order valence-electron chi connectivity index (χ4n) is 3.42. The minimum atomic E-state index is 0.225. The number of piperidine rings is 1. The summed E-state index contributed by atoms with van der Waals surface area (Å²) < 4.78 is 0. The molecule has 1 aromatic rings. The van der Waals surface area contributed by atoms with Gasteiger partial charge in [0.2, 0.25) is 0 Å². The number of nitrogens with zero attached hydrogens (tertiary/aromatic N) is 1. The monoisotopic (exact) mass is 292 g/mol. The van der Waals surface area contributed by atoms with Gasteiger partial charge in [0.25, 0.3) is 5.91 Å². The Balaban J connectivity index is 1.77. The predicted octanol–water partition coefficient (Wildman–Crippen LogP) is 2.97. The Morgan fingerprint density at radius 2 is 2.15 bits per heavy atom. The van der Waals surface area contributed by atoms with E-state index in [1.807, 2.05) is 4.90 Å². The van der Waals surface area contributed by atoms with Crippen molar-refractivity contribution in [3.05, 3.63) is 21.4 Å². The molecule has 2 unspecified atom stereocenters. The lowest BCUT2D eigenvalue weighted by Crippen LogP contribution is -2.48. The van der Waals surface area contributed by atoms with Crippen LogP contribution in [-0.2, 0) is 12.8 Å². The highest BCUT2D eigenvalue weighted by molar-refractivity contribution is 7.14. The molecule has 1 aliphatic heterocycles. The van der Waals surface area contributed by atoms with Crippen LogP contribution in [-0.4, -0.2) is 29.4 Å². The molecule has 4 heteroatoms. The second-order valence-electron chi connectivity index (χ2n) is 6.25. The van der Waals surface area contributed by atoms with Crippen LogP contribution in [0.4, 0.5) is 0 Å². The summed E-state index contributed by atoms with van der Waals surface area (Å²) >= 11 is 1.73. The predicted molar refractivity (Wildman–Crippen MR) is 83.3 cm³/mol. The first-order valence-electron chi connectivity index (χ1n) is 7.83. The number of aryl methyl sites for hydroxylation is 2. The van der Waals surface area contributed by atoms with Crippen molar-refractivity contribution in [3.8, 4) is 0 Å². The number of carbonyl (C=O) groups is 1. The van der Waals surface area contributed by atoms with Crippen LogP contribution in [0, 0.1) is 0 Å². The maximum atomic E-state index is 12.7. The van der Waals surface area contributed by atoms with Crippen molar-refractivity contribution in [2.75, 3.05) is 6.54 Å². The molecule has 1 aromatic heterocycles. The SMILES string of the molecule is CC1CC(N)CCN1C(=O)c1cc2c(s1)CCCCC2. The average molecular weight is 292 g/mol. The van der Waals surface area contributed by atoms with Crippen molar-refractivity contribution in [2.45, 2.75) is 64.0 Å². The minimum Gasteiger partial charge on any atom is -0.335 e. The van der Waals surface area contributed by atoms with E-state index in [9.17, 15) is 4.79 Å². The summed E-state index contributed by atoms with van der Waals surface area (Å²) in [5, 5.41) is 0. The summed E-state index contributed by atoms with van der Waals surface area (Å²) in [6.45, 7) is 2.93. The van der Waals surface area contributed by atoms with Crippen LogP contribution in [0.1, 0.15) is 59.1 Å². The molecule has 1 fully saturated rings. The third kappa shape index (κ3) is 2.77. The summed E-state index contributed by atoms with van der Waals surface area (Å²) in [4.78, 5) is 17.1. The first-order chi connectivity index (χ1) is 9.65. The van der Waals surface area contributed by atoms with E-state index in [-0.39, 0.29) is 18.0 Å². The highest BCUT2D eigenvalue weighted by Gasteiger charge is 2.29. The van der Waals surface area contributed by atoms with E-state index in [1.54, 1.807) is 11.3 Å². The van der Waals surface area contributed by atoms with Crippen LogP contribution < -0.4 is 5.73 Å². The lowest BCUT2D eigenvalue weighted by molar-refractivity contribution is 0.0624. The van der Waals surface area contributed by atoms with Gasteiger partial charge in [-0.1, -0.05) is 6.42 Å². The molecule has 0 bridgehead atoms. The van der Waals surface area contributed by atoms with Crippen molar-refractivity contribution >= 4 is 17.2 Å². The highest BCUT2D eigenvalue weighted by Crippen LogP contribution is 2.30. The molecule has 2 atom stereocenters. The average Bonchev–Trinajstić information content (AvgIpc) is 2.69. The zero-order valence-electron chi connectivity index (χ0n) is 12.2. The molecule has 0 spiro atoms. The maximum absolute atomic E-state index is 12.7. The largest absolute Gasteiger partial charge is 0.335 e. The van der Waals surface area contributed by atoms with Gasteiger partial charge in [-0.15, -0.1) is 11.3 Å². The van der Waals surface area contributed by atoms with Gasteiger partial charge < -0.3 is 10.6 Å². The summed E-state index contributed by atoms with van der Waals surface area (Å²) in [6, 6.07) is 2.69. The van der Waals surface area contributed by atoms with Gasteiger partial charge in [-0.25, -0.2) is 0 Å². The zero-order chi connectivity index (χ0) is 14.1. The smallest absolute Gasteiger partial charge is 0.264 e. The zero-order valence-corrected chi connectivity index (χ0v) is 13.0. The molecule has 110 valence electrons. The third-order valence-corrected chi connectivity index (χ3v) is 5.86. The summed E-state index contributed by atoms with van der Waals surface area (Å²) in [5.74, 6) is 0.225. The molecule has 0 radical (unpaired) electrons. The Labute approximate surface area is 125 Å². The molecule has 2 N–H and O–H groups in total. The number of fused-ring (bicyclic) bond motifs is 1. The molecule has 1 saturated heterocycles. The van der Waals surface area contributed by atoms with E-state index in [0.717, 1.165) is 37.1 Å². The standard InChI is InChI=1S/C16H24N2OS/c1-11-9-13(17)7-8-18(11)16(19)15-10-12-5-3-2-4-6-14(12)20-15/h10-11,13H,2-9,17H2,1H3. The van der Waals surface area contributed by atoms with Crippen LogP contribution in [0.15, 0.2) is 6.07 Å². The Bertz CT molecular complexity index is 473. The first kappa shape index (κ1) is 14.1. The van der Waals surface area contributed by atoms with E-state index in [2.05, 4.69) is 13.0 Å². The van der Waals surface area contributed by atoms with Gasteiger partial charge >= 0.3 is 0 Å². The fourth-order valence-corrected chi connectivity index (χ4v) is 4.63. The van der Waals surface area contributed by atoms with Crippen molar-refractivity contribution in [1.82, 2.24) is 4.90 Å². The van der Waals surface area contributed by atoms with Crippen molar-refractivity contribution in [1.29, 1.82) is 0 Å². The quantitative estimate of drug-likeness (QED) is 0.809. The van der Waals surface area contributed by atoms with Gasteiger partial charge in [-0.05, 0) is 57.1 Å². The van der Waals surface area contributed by atoms with Crippen molar-refractivity contribution < 1.29 is 4.79 Å². The summed E-state index contributed by atoms with van der Waals surface area (Å²) in [5.41, 5.74) is 7.42. The van der Waals surface area contributed by atoms with Gasteiger partial charge in [0, 0.05) is 23.5 Å². The van der Waals surface area contributed by atoms with Crippen LogP contribution >= 0.6 is 11.3 Å². The van der Waals surface area contributed by atoms with E-state index in [0.29, 0.717) is 0 Å². The van der Waals surface area contributed by atoms with Crippen LogP contribution in [0.2, 0.25) is 0 Å². The molecule has 20 heavy (non-hydrogen) atoms. The Morgan fingerprint density at radius 3 is 2.95 bits per heavy atom. The summed E-state index contributed by atoms with van der Waals surface area (Å²) in [6.07, 6.45) is 8.04. The van der Waals surface area contributed by atoms with Crippen molar-refractivity contribution in [2.24, 2.45) is 5.73 Å². The second-order valence-corrected chi connectivity index (χ2v) is 7.39. The topological polar surface area (TPSA) is 46.3 Å². The second kappa shape index (κ2) is 5.86. The van der Waals surface area contributed by atoms with Gasteiger partial charge in [-0.3, -0.25) is 4.79 Å². The molecule has 1 amide bonds. The maximum Gasteiger partial charge on any atom is 0.264 e. The first-order valence-corrected chi connectivity index (χ1v) is 8.65. The minimum absolute atomic E-state index is 0.225. The molecule has 3 nitrogen and oxygen atoms in total. The Hall–Kier alpha value is -0.870. The van der Waals surface area contributed by atoms with Gasteiger partial charge in [0.05, 0.1) is 4.88 Å². The van der Waals surface area contributed by atoms with Gasteiger partial charge in [0.1, 0.15) is 0 Å². The number of thiophene rings is 1. The van der Waals surface area contributed by atoms with Crippen LogP contribution in [0.25, 0.3) is 0 Å². The van der Waals surface area contributed by atoms with Gasteiger partial charge in [-0.2, -0.15) is 0 Å².